The number of morpholine rings is 1. The minimum absolute atomic E-state index is 0.174. The molecular formula is C31H35N5O6. The first kappa shape index (κ1) is 29.0. The molecule has 2 fully saturated rings. The van der Waals surface area contributed by atoms with Gasteiger partial charge in [-0.3, -0.25) is 19.8 Å². The maximum atomic E-state index is 13.8. The van der Waals surface area contributed by atoms with E-state index in [1.54, 1.807) is 25.1 Å². The van der Waals surface area contributed by atoms with Gasteiger partial charge in [-0.15, -0.1) is 0 Å². The van der Waals surface area contributed by atoms with Crippen LogP contribution in [0.2, 0.25) is 0 Å². The van der Waals surface area contributed by atoms with Gasteiger partial charge in [0.2, 0.25) is 0 Å². The monoisotopic (exact) mass is 573 g/mol. The summed E-state index contributed by atoms with van der Waals surface area (Å²) in [5, 5.41) is 14.6. The number of carbonyl (C=O) groups is 2. The molecule has 1 amide bonds. The van der Waals surface area contributed by atoms with E-state index in [4.69, 9.17) is 9.47 Å². The largest absolute Gasteiger partial charge is 0.462 e. The van der Waals surface area contributed by atoms with Crippen LogP contribution in [0.3, 0.4) is 0 Å². The van der Waals surface area contributed by atoms with Gasteiger partial charge in [-0.1, -0.05) is 30.3 Å². The molecular weight excluding hydrogens is 538 g/mol. The molecule has 0 aliphatic carbocycles. The first-order valence-electron chi connectivity index (χ1n) is 14.2. The van der Waals surface area contributed by atoms with Crippen LogP contribution < -0.4 is 15.1 Å². The predicted octanol–water partition coefficient (Wildman–Crippen LogP) is 4.18. The summed E-state index contributed by atoms with van der Waals surface area (Å²) in [6, 6.07) is 19.8. The van der Waals surface area contributed by atoms with E-state index in [1.165, 1.54) is 17.7 Å². The Hall–Kier alpha value is -4.48. The Bertz CT molecular complexity index is 1420. The lowest BCUT2D eigenvalue weighted by Crippen LogP contribution is -2.46. The Balaban J connectivity index is 1.41. The Morgan fingerprint density at radius 3 is 2.29 bits per heavy atom. The number of nitrogens with zero attached hydrogens (tertiary/aromatic N) is 4. The second kappa shape index (κ2) is 13.5. The summed E-state index contributed by atoms with van der Waals surface area (Å²) < 4.78 is 10.7. The fraction of sp³-hybridized carbons (Fsp3) is 0.355. The van der Waals surface area contributed by atoms with Crippen LogP contribution in [0.5, 0.6) is 0 Å². The summed E-state index contributed by atoms with van der Waals surface area (Å²) in [6.07, 6.45) is 0. The van der Waals surface area contributed by atoms with Crippen molar-refractivity contribution in [2.45, 2.75) is 13.5 Å². The van der Waals surface area contributed by atoms with E-state index in [0.717, 1.165) is 38.4 Å². The number of non-ortho nitro benzene ring substituents is 1. The van der Waals surface area contributed by atoms with E-state index >= 15 is 0 Å². The zero-order valence-electron chi connectivity index (χ0n) is 23.7. The molecule has 0 atom stereocenters. The van der Waals surface area contributed by atoms with Gasteiger partial charge in [0, 0.05) is 57.9 Å². The molecule has 2 heterocycles. The average Bonchev–Trinajstić information content (AvgIpc) is 3.02. The van der Waals surface area contributed by atoms with Gasteiger partial charge in [0.05, 0.1) is 52.9 Å². The number of ether oxygens (including phenoxy) is 2. The highest BCUT2D eigenvalue weighted by molar-refractivity contribution is 6.10. The van der Waals surface area contributed by atoms with Gasteiger partial charge < -0.3 is 24.6 Å². The molecule has 3 aromatic rings. The van der Waals surface area contributed by atoms with Gasteiger partial charge in [-0.25, -0.2) is 4.79 Å². The summed E-state index contributed by atoms with van der Waals surface area (Å²) in [7, 11) is 0. The summed E-state index contributed by atoms with van der Waals surface area (Å²) in [5.41, 5.74) is 3.39. The topological polar surface area (TPSA) is 117 Å². The molecule has 11 heteroatoms. The summed E-state index contributed by atoms with van der Waals surface area (Å²) in [5.74, 6) is -0.984. The second-order valence-electron chi connectivity index (χ2n) is 10.2. The second-order valence-corrected chi connectivity index (χ2v) is 10.2. The van der Waals surface area contributed by atoms with Gasteiger partial charge in [0.15, 0.2) is 0 Å². The van der Waals surface area contributed by atoms with Crippen molar-refractivity contribution in [3.05, 3.63) is 93.5 Å². The number of nitrogens with one attached hydrogen (secondary N) is 1. The molecule has 1 N–H and O–H groups in total. The van der Waals surface area contributed by atoms with Crippen LogP contribution in [0.1, 0.15) is 33.2 Å². The lowest BCUT2D eigenvalue weighted by atomic mass is 10.1. The lowest BCUT2D eigenvalue weighted by Gasteiger charge is -2.37. The fourth-order valence-electron chi connectivity index (χ4n) is 5.33. The molecule has 5 rings (SSSR count). The van der Waals surface area contributed by atoms with Crippen LogP contribution in [-0.4, -0.2) is 80.8 Å². The summed E-state index contributed by atoms with van der Waals surface area (Å²) >= 11 is 0. The van der Waals surface area contributed by atoms with Crippen LogP contribution in [0.4, 0.5) is 22.7 Å². The predicted molar refractivity (Wildman–Crippen MR) is 160 cm³/mol. The lowest BCUT2D eigenvalue weighted by molar-refractivity contribution is -0.384. The Labute approximate surface area is 244 Å². The van der Waals surface area contributed by atoms with Crippen molar-refractivity contribution in [2.24, 2.45) is 0 Å². The highest BCUT2D eigenvalue weighted by Gasteiger charge is 2.25. The number of hydrogen-bond donors (Lipinski definition) is 1. The van der Waals surface area contributed by atoms with Crippen LogP contribution in [0.25, 0.3) is 0 Å². The summed E-state index contributed by atoms with van der Waals surface area (Å²) in [6.45, 7) is 8.05. The number of amides is 1. The molecule has 11 nitrogen and oxygen atoms in total. The van der Waals surface area contributed by atoms with Crippen LogP contribution in [0.15, 0.2) is 66.7 Å². The van der Waals surface area contributed by atoms with Crippen LogP contribution in [-0.2, 0) is 16.0 Å². The van der Waals surface area contributed by atoms with Crippen molar-refractivity contribution in [2.75, 3.05) is 74.2 Å². The maximum absolute atomic E-state index is 13.8. The third-order valence-electron chi connectivity index (χ3n) is 7.51. The van der Waals surface area contributed by atoms with Gasteiger partial charge in [-0.2, -0.15) is 0 Å². The number of piperazine rings is 1. The zero-order chi connectivity index (χ0) is 29.5. The highest BCUT2D eigenvalue weighted by atomic mass is 16.6. The number of nitro groups is 1. The van der Waals surface area contributed by atoms with Crippen molar-refractivity contribution < 1.29 is 24.0 Å². The van der Waals surface area contributed by atoms with Crippen LogP contribution in [0, 0.1) is 10.1 Å². The zero-order valence-corrected chi connectivity index (χ0v) is 23.7. The molecule has 3 aromatic carbocycles. The molecule has 2 aliphatic heterocycles. The molecule has 220 valence electrons. The first-order valence-corrected chi connectivity index (χ1v) is 14.2. The Morgan fingerprint density at radius 1 is 0.905 bits per heavy atom. The molecule has 0 saturated carbocycles. The molecule has 2 aliphatic rings. The fourth-order valence-corrected chi connectivity index (χ4v) is 5.33. The van der Waals surface area contributed by atoms with E-state index in [2.05, 4.69) is 27.2 Å². The quantitative estimate of drug-likeness (QED) is 0.229. The van der Waals surface area contributed by atoms with E-state index in [9.17, 15) is 19.7 Å². The number of rotatable bonds is 9. The minimum atomic E-state index is -0.512. The van der Waals surface area contributed by atoms with Crippen molar-refractivity contribution >= 4 is 34.6 Å². The third kappa shape index (κ3) is 6.87. The van der Waals surface area contributed by atoms with Gasteiger partial charge >= 0.3 is 5.97 Å². The van der Waals surface area contributed by atoms with Gasteiger partial charge in [0.25, 0.3) is 11.6 Å². The smallest absolute Gasteiger partial charge is 0.338 e. The van der Waals surface area contributed by atoms with Crippen molar-refractivity contribution in [3.63, 3.8) is 0 Å². The third-order valence-corrected chi connectivity index (χ3v) is 7.51. The highest BCUT2D eigenvalue weighted by Crippen LogP contribution is 2.32. The molecule has 0 aromatic heterocycles. The van der Waals surface area contributed by atoms with E-state index in [-0.39, 0.29) is 17.9 Å². The minimum Gasteiger partial charge on any atom is -0.462 e. The van der Waals surface area contributed by atoms with E-state index < -0.39 is 16.8 Å². The van der Waals surface area contributed by atoms with Crippen molar-refractivity contribution in [1.29, 1.82) is 0 Å². The number of carbonyl (C=O) groups excluding carboxylic acids is 2. The van der Waals surface area contributed by atoms with Crippen molar-refractivity contribution in [1.82, 2.24) is 4.90 Å². The maximum Gasteiger partial charge on any atom is 0.338 e. The molecule has 0 bridgehead atoms. The van der Waals surface area contributed by atoms with Crippen LogP contribution >= 0.6 is 0 Å². The first-order chi connectivity index (χ1) is 20.4. The molecule has 0 radical (unpaired) electrons. The Kier molecular flexibility index (Phi) is 9.30. The summed E-state index contributed by atoms with van der Waals surface area (Å²) in [4.78, 5) is 44.0. The van der Waals surface area contributed by atoms with E-state index in [1.807, 2.05) is 29.2 Å². The number of esters is 1. The molecule has 2 saturated heterocycles. The van der Waals surface area contributed by atoms with Crippen molar-refractivity contribution in [3.8, 4) is 0 Å². The van der Waals surface area contributed by atoms with Gasteiger partial charge in [-0.05, 0) is 36.8 Å². The van der Waals surface area contributed by atoms with Gasteiger partial charge in [0.1, 0.15) is 0 Å². The average molecular weight is 574 g/mol. The number of nitro benzene ring substituents is 1. The number of anilines is 3. The molecule has 42 heavy (non-hydrogen) atoms. The SMILES string of the molecule is CCOC(=O)c1ccc(N2CCN(Cc3ccccc3)CC2)c(NC(=O)c2cc([N+](=O)[O-])ccc2N2CCOCC2)c1. The number of benzene rings is 3. The normalized spacial score (nSPS) is 15.7. The number of hydrogen-bond acceptors (Lipinski definition) is 9. The Morgan fingerprint density at radius 2 is 1.60 bits per heavy atom. The van der Waals surface area contributed by atoms with E-state index in [0.29, 0.717) is 43.2 Å². The molecule has 0 spiro atoms. The molecule has 0 unspecified atom stereocenters. The standard InChI is InChI=1S/C31H35N5O6/c1-2-42-31(38)24-8-10-29(34-14-12-33(13-15-34)22-23-6-4-3-5-7-23)27(20-24)32-30(37)26-21-25(36(39)40)9-11-28(26)35-16-18-41-19-17-35/h3-11,20-21H,2,12-19,22H2,1H3,(H,32,37).